The van der Waals surface area contributed by atoms with Crippen molar-refractivity contribution in [2.45, 2.75) is 11.1 Å². The molecule has 13 heteroatoms. The summed E-state index contributed by atoms with van der Waals surface area (Å²) in [5, 5.41) is 11.0. The number of rotatable bonds is 7. The summed E-state index contributed by atoms with van der Waals surface area (Å²) in [6, 6.07) is 0. The smallest absolute Gasteiger partial charge is 0.404 e. The van der Waals surface area contributed by atoms with Crippen LogP contribution in [0, 0.1) is 0 Å². The van der Waals surface area contributed by atoms with E-state index in [4.69, 9.17) is 10.5 Å². The highest BCUT2D eigenvalue weighted by Crippen LogP contribution is 2.46. The minimum atomic E-state index is -1.75. The Balaban J connectivity index is 2.28. The van der Waals surface area contributed by atoms with Gasteiger partial charge in [0.05, 0.1) is 6.26 Å². The van der Waals surface area contributed by atoms with Crippen LogP contribution in [0.25, 0.3) is 0 Å². The first-order valence-electron chi connectivity index (χ1n) is 7.13. The molecule has 0 radical (unpaired) electrons. The fraction of sp³-hybridized carbons (Fsp3) is 0.538. The van der Waals surface area contributed by atoms with Crippen molar-refractivity contribution in [1.29, 1.82) is 0 Å². The van der Waals surface area contributed by atoms with E-state index < -0.39 is 46.2 Å². The standard InChI is InChI=1S/C13H17N3O8S2/c1-23-13(15-7(17)5-26(2)22)10(20)16-8(9(18)19)6(3-24-12(14)21)4-25-11(13)16/h11H,3-5H2,1-2H3,(H2,14,21)(H,15,17)(H,18,19)/t11-,13-,26?/m0/s1. The lowest BCUT2D eigenvalue weighted by atomic mass is 9.98. The van der Waals surface area contributed by atoms with Crippen LogP contribution >= 0.6 is 11.8 Å². The number of hydrogen-bond acceptors (Lipinski definition) is 8. The molecular weight excluding hydrogens is 390 g/mol. The summed E-state index contributed by atoms with van der Waals surface area (Å²) in [7, 11) is 1.20. The second-order valence-electron chi connectivity index (χ2n) is 5.41. The number of amides is 3. The van der Waals surface area contributed by atoms with Crippen LogP contribution in [0.3, 0.4) is 0 Å². The van der Waals surface area contributed by atoms with Gasteiger partial charge in [-0.3, -0.25) is 14.5 Å². The number of carboxylic acid groups (broad SMARTS) is 1. The number of aliphatic carboxylic acids is 1. The Labute approximate surface area is 155 Å². The quantitative estimate of drug-likeness (QED) is 0.249. The average Bonchev–Trinajstić information content (AvgIpc) is 2.55. The van der Waals surface area contributed by atoms with Crippen LogP contribution in [0.15, 0.2) is 11.3 Å². The summed E-state index contributed by atoms with van der Waals surface area (Å²) in [6.45, 7) is -0.373. The van der Waals surface area contributed by atoms with Gasteiger partial charge < -0.3 is 30.2 Å². The number of methoxy groups -OCH3 is 1. The number of hydrogen-bond donors (Lipinski definition) is 3. The highest BCUT2D eigenvalue weighted by molar-refractivity contribution is 8.00. The Morgan fingerprint density at radius 3 is 2.69 bits per heavy atom. The van der Waals surface area contributed by atoms with Gasteiger partial charge in [-0.2, -0.15) is 0 Å². The van der Waals surface area contributed by atoms with Crippen molar-refractivity contribution in [2.24, 2.45) is 5.73 Å². The number of nitrogens with one attached hydrogen (secondary N) is 1. The predicted molar refractivity (Wildman–Crippen MR) is 90.1 cm³/mol. The highest BCUT2D eigenvalue weighted by Gasteiger charge is 2.66. The molecule has 2 rings (SSSR count). The van der Waals surface area contributed by atoms with E-state index in [1.807, 2.05) is 0 Å². The zero-order valence-corrected chi connectivity index (χ0v) is 15.5. The number of carboxylic acids is 1. The van der Waals surface area contributed by atoms with Gasteiger partial charge in [-0.25, -0.2) is 9.59 Å². The van der Waals surface area contributed by atoms with Gasteiger partial charge in [0.1, 0.15) is 17.7 Å². The Hall–Kier alpha value is -1.96. The van der Waals surface area contributed by atoms with Crippen LogP contribution in [0.1, 0.15) is 0 Å². The van der Waals surface area contributed by atoms with Crippen LogP contribution < -0.4 is 11.1 Å². The molecule has 0 aromatic rings. The average molecular weight is 407 g/mol. The molecular formula is C13H17N3O8S2. The van der Waals surface area contributed by atoms with Gasteiger partial charge in [-0.1, -0.05) is 0 Å². The fourth-order valence-electron chi connectivity index (χ4n) is 2.64. The van der Waals surface area contributed by atoms with Gasteiger partial charge in [-0.15, -0.1) is 11.8 Å². The largest absolute Gasteiger partial charge is 0.616 e. The number of primary amides is 1. The molecule has 0 spiro atoms. The van der Waals surface area contributed by atoms with E-state index in [-0.39, 0.29) is 29.4 Å². The van der Waals surface area contributed by atoms with E-state index in [9.17, 15) is 28.8 Å². The molecule has 0 aliphatic carbocycles. The molecule has 0 saturated carbocycles. The normalized spacial score (nSPS) is 25.9. The van der Waals surface area contributed by atoms with Crippen LogP contribution in [0.2, 0.25) is 0 Å². The lowest BCUT2D eigenvalue weighted by molar-refractivity contribution is -0.192. The van der Waals surface area contributed by atoms with Crippen molar-refractivity contribution in [2.75, 3.05) is 31.5 Å². The molecule has 2 aliphatic heterocycles. The molecule has 4 N–H and O–H groups in total. The number of ether oxygens (including phenoxy) is 2. The van der Waals surface area contributed by atoms with E-state index in [0.717, 1.165) is 16.7 Å². The molecule has 26 heavy (non-hydrogen) atoms. The summed E-state index contributed by atoms with van der Waals surface area (Å²) >= 11 is -0.295. The third kappa shape index (κ3) is 3.60. The molecule has 2 heterocycles. The number of nitrogens with zero attached hydrogens (tertiary/aromatic N) is 1. The first kappa shape index (κ1) is 20.4. The summed E-state index contributed by atoms with van der Waals surface area (Å²) in [6.07, 6.45) is 0.259. The molecule has 11 nitrogen and oxygen atoms in total. The minimum absolute atomic E-state index is 0.115. The maximum atomic E-state index is 12.6. The molecule has 3 atom stereocenters. The van der Waals surface area contributed by atoms with Gasteiger partial charge in [0.25, 0.3) is 17.5 Å². The number of β-lactam (4-membered cyclic amide) rings is 1. The first-order valence-corrected chi connectivity index (χ1v) is 9.90. The number of fused-ring (bicyclic) bond motifs is 1. The van der Waals surface area contributed by atoms with Gasteiger partial charge >= 0.3 is 12.1 Å². The van der Waals surface area contributed by atoms with Crippen molar-refractivity contribution in [1.82, 2.24) is 10.2 Å². The lowest BCUT2D eigenvalue weighted by Crippen LogP contribution is -2.81. The molecule has 1 saturated heterocycles. The van der Waals surface area contributed by atoms with E-state index >= 15 is 0 Å². The number of nitrogens with two attached hydrogens (primary N) is 1. The Kier molecular flexibility index (Phi) is 6.05. The van der Waals surface area contributed by atoms with E-state index in [2.05, 4.69) is 10.1 Å². The molecule has 0 bridgehead atoms. The van der Waals surface area contributed by atoms with Gasteiger partial charge in [0.15, 0.2) is 5.75 Å². The molecule has 1 unspecified atom stereocenters. The van der Waals surface area contributed by atoms with Crippen molar-refractivity contribution >= 4 is 46.8 Å². The summed E-state index contributed by atoms with van der Waals surface area (Å²) in [5.74, 6) is -3.05. The zero-order valence-electron chi connectivity index (χ0n) is 13.8. The van der Waals surface area contributed by atoms with Gasteiger partial charge in [-0.05, 0) is 11.2 Å². The predicted octanol–water partition coefficient (Wildman–Crippen LogP) is -1.83. The summed E-state index contributed by atoms with van der Waals surface area (Å²) in [4.78, 5) is 47.9. The molecule has 144 valence electrons. The third-order valence-corrected chi connectivity index (χ3v) is 5.73. The molecule has 2 aliphatic rings. The number of thioether (sulfide) groups is 1. The van der Waals surface area contributed by atoms with E-state index in [0.29, 0.717) is 0 Å². The SMILES string of the molecule is CO[C@@]1(NC(=O)C[S+](C)[O-])C(=O)N2C(C(=O)O)=C(COC(N)=O)CS[C@H]21. The van der Waals surface area contributed by atoms with Crippen molar-refractivity contribution in [3.8, 4) is 0 Å². The van der Waals surface area contributed by atoms with Crippen LogP contribution in [-0.2, 0) is 35.0 Å². The molecule has 0 aromatic heterocycles. The third-order valence-electron chi connectivity index (χ3n) is 3.68. The number of carbonyl (C=O) groups excluding carboxylic acids is 3. The van der Waals surface area contributed by atoms with Crippen molar-refractivity contribution in [3.63, 3.8) is 0 Å². The van der Waals surface area contributed by atoms with Crippen LogP contribution in [-0.4, -0.2) is 81.0 Å². The summed E-state index contributed by atoms with van der Waals surface area (Å²) < 4.78 is 21.0. The zero-order chi connectivity index (χ0) is 19.6. The Bertz CT molecular complexity index is 682. The van der Waals surface area contributed by atoms with Crippen molar-refractivity contribution in [3.05, 3.63) is 11.3 Å². The van der Waals surface area contributed by atoms with E-state index in [1.165, 1.54) is 13.4 Å². The second kappa shape index (κ2) is 7.73. The highest BCUT2D eigenvalue weighted by atomic mass is 32.2. The second-order valence-corrected chi connectivity index (χ2v) is 7.91. The topological polar surface area (TPSA) is 171 Å². The Morgan fingerprint density at radius 2 is 2.19 bits per heavy atom. The monoisotopic (exact) mass is 407 g/mol. The molecule has 1 fully saturated rings. The summed E-state index contributed by atoms with van der Waals surface area (Å²) in [5.41, 5.74) is 2.98. The first-order chi connectivity index (χ1) is 12.1. The van der Waals surface area contributed by atoms with E-state index in [1.54, 1.807) is 0 Å². The maximum Gasteiger partial charge on any atom is 0.404 e. The van der Waals surface area contributed by atoms with Gasteiger partial charge in [0, 0.05) is 18.4 Å². The maximum absolute atomic E-state index is 12.6. The van der Waals surface area contributed by atoms with Crippen LogP contribution in [0.4, 0.5) is 4.79 Å². The van der Waals surface area contributed by atoms with Gasteiger partial charge in [0.2, 0.25) is 0 Å². The minimum Gasteiger partial charge on any atom is -0.616 e. The Morgan fingerprint density at radius 1 is 1.54 bits per heavy atom. The molecule has 0 aromatic carbocycles. The van der Waals surface area contributed by atoms with Crippen LogP contribution in [0.5, 0.6) is 0 Å². The number of carbonyl (C=O) groups is 4. The lowest BCUT2D eigenvalue weighted by Gasteiger charge is -2.55. The fourth-order valence-corrected chi connectivity index (χ4v) is 4.50. The van der Waals surface area contributed by atoms with Crippen molar-refractivity contribution < 1.29 is 38.3 Å². The molecule has 3 amide bonds.